The molecule has 0 spiro atoms. The van der Waals surface area contributed by atoms with E-state index in [0.717, 1.165) is 0 Å². The van der Waals surface area contributed by atoms with Gasteiger partial charge >= 0.3 is 0 Å². The lowest BCUT2D eigenvalue weighted by Crippen LogP contribution is -2.42. The number of rotatable bonds is 2. The minimum Gasteiger partial charge on any atom is -0.295 e. The Labute approximate surface area is 96.7 Å². The van der Waals surface area contributed by atoms with Crippen molar-refractivity contribution in [2.75, 3.05) is 11.6 Å². The predicted octanol–water partition coefficient (Wildman–Crippen LogP) is -0.132. The van der Waals surface area contributed by atoms with Crippen molar-refractivity contribution in [2.45, 2.75) is 20.8 Å². The molecule has 0 aliphatic rings. The molecule has 2 N–H and O–H groups in total. The fraction of sp³-hybridized carbons (Fsp3) is 0.500. The van der Waals surface area contributed by atoms with Crippen LogP contribution < -0.4 is 16.3 Å². The zero-order valence-electron chi connectivity index (χ0n) is 9.73. The van der Waals surface area contributed by atoms with Crippen molar-refractivity contribution < 1.29 is 0 Å². The Balaban J connectivity index is 2.99. The lowest BCUT2D eigenvalue weighted by atomic mass is 9.95. The van der Waals surface area contributed by atoms with E-state index in [0.29, 0.717) is 17.8 Å². The second kappa shape index (κ2) is 4.50. The molecule has 0 aromatic carbocycles. The van der Waals surface area contributed by atoms with Crippen LogP contribution in [0.15, 0.2) is 6.20 Å². The van der Waals surface area contributed by atoms with Crippen LogP contribution in [-0.2, 0) is 0 Å². The van der Waals surface area contributed by atoms with Gasteiger partial charge in [-0.1, -0.05) is 20.8 Å². The van der Waals surface area contributed by atoms with E-state index < -0.39 is 0 Å². The molecule has 1 heterocycles. The second-order valence-electron chi connectivity index (χ2n) is 4.77. The van der Waals surface area contributed by atoms with Crippen molar-refractivity contribution >= 4 is 19.1 Å². The number of hydrogen-bond acceptors (Lipinski definition) is 5. The molecule has 0 unspecified atom stereocenters. The van der Waals surface area contributed by atoms with Gasteiger partial charge in [-0.2, -0.15) is 5.26 Å². The van der Waals surface area contributed by atoms with Crippen LogP contribution in [0.25, 0.3) is 0 Å². The molecule has 82 valence electrons. The standard InChI is InChI=1S/C10H14BN5/c1-10(2,3)6-16(13)9-7(11)5-14-8(4-12)15-9/h5H,6,13H2,1-3H3. The molecule has 0 atom stereocenters. The Bertz CT molecular complexity index is 418. The Hall–Kier alpha value is -1.61. The summed E-state index contributed by atoms with van der Waals surface area (Å²) >= 11 is 0. The minimum absolute atomic E-state index is 0.0128. The molecule has 0 saturated heterocycles. The summed E-state index contributed by atoms with van der Waals surface area (Å²) in [6, 6.07) is 1.85. The molecule has 1 aromatic rings. The highest BCUT2D eigenvalue weighted by atomic mass is 15.4. The molecule has 0 fully saturated rings. The van der Waals surface area contributed by atoms with E-state index in [1.807, 2.05) is 6.07 Å². The predicted molar refractivity (Wildman–Crippen MR) is 63.1 cm³/mol. The highest BCUT2D eigenvalue weighted by Gasteiger charge is 2.17. The van der Waals surface area contributed by atoms with Gasteiger partial charge in [0.25, 0.3) is 0 Å². The average molecular weight is 215 g/mol. The van der Waals surface area contributed by atoms with Crippen molar-refractivity contribution in [3.05, 3.63) is 12.0 Å². The lowest BCUT2D eigenvalue weighted by molar-refractivity contribution is 0.411. The maximum absolute atomic E-state index is 8.69. The molecule has 16 heavy (non-hydrogen) atoms. The van der Waals surface area contributed by atoms with Gasteiger partial charge in [-0.05, 0) is 10.9 Å². The molecule has 0 amide bonds. The van der Waals surface area contributed by atoms with Crippen LogP contribution in [0, 0.1) is 16.7 Å². The van der Waals surface area contributed by atoms with Gasteiger partial charge in [-0.25, -0.2) is 15.8 Å². The largest absolute Gasteiger partial charge is 0.295 e. The van der Waals surface area contributed by atoms with E-state index in [9.17, 15) is 0 Å². The third-order valence-corrected chi connectivity index (χ3v) is 1.81. The van der Waals surface area contributed by atoms with Crippen LogP contribution in [0.2, 0.25) is 0 Å². The maximum Gasteiger partial charge on any atom is 0.234 e. The van der Waals surface area contributed by atoms with Crippen molar-refractivity contribution in [1.82, 2.24) is 9.97 Å². The van der Waals surface area contributed by atoms with Gasteiger partial charge in [-0.3, -0.25) is 5.01 Å². The fourth-order valence-electron chi connectivity index (χ4n) is 1.25. The van der Waals surface area contributed by atoms with E-state index in [-0.39, 0.29) is 11.2 Å². The highest BCUT2D eigenvalue weighted by Crippen LogP contribution is 2.16. The highest BCUT2D eigenvalue weighted by molar-refractivity contribution is 6.35. The Kier molecular flexibility index (Phi) is 3.50. The number of aromatic nitrogens is 2. The summed E-state index contributed by atoms with van der Waals surface area (Å²) in [5.41, 5.74) is 0.379. The van der Waals surface area contributed by atoms with E-state index in [1.54, 1.807) is 0 Å². The molecule has 0 saturated carbocycles. The SMILES string of the molecule is [B]c1cnc(C#N)nc1N(N)CC(C)(C)C. The number of nitrogens with two attached hydrogens (primary N) is 1. The first-order valence-corrected chi connectivity index (χ1v) is 4.88. The molecule has 0 aliphatic heterocycles. The Morgan fingerprint density at radius 2 is 2.19 bits per heavy atom. The van der Waals surface area contributed by atoms with Gasteiger partial charge in [0.15, 0.2) is 0 Å². The van der Waals surface area contributed by atoms with Gasteiger partial charge in [0.2, 0.25) is 5.82 Å². The molecule has 1 rings (SSSR count). The van der Waals surface area contributed by atoms with Crippen LogP contribution in [0.4, 0.5) is 5.82 Å². The van der Waals surface area contributed by atoms with E-state index in [2.05, 4.69) is 30.7 Å². The van der Waals surface area contributed by atoms with Gasteiger partial charge < -0.3 is 0 Å². The van der Waals surface area contributed by atoms with Crippen molar-refractivity contribution in [2.24, 2.45) is 11.3 Å². The van der Waals surface area contributed by atoms with Crippen molar-refractivity contribution in [1.29, 1.82) is 5.26 Å². The summed E-state index contributed by atoms with van der Waals surface area (Å²) in [7, 11) is 5.71. The third kappa shape index (κ3) is 3.21. The number of hydrazine groups is 1. The monoisotopic (exact) mass is 215 g/mol. The van der Waals surface area contributed by atoms with Crippen LogP contribution in [0.5, 0.6) is 0 Å². The molecule has 6 heteroatoms. The van der Waals surface area contributed by atoms with E-state index in [1.165, 1.54) is 11.2 Å². The molecule has 2 radical (unpaired) electrons. The van der Waals surface area contributed by atoms with Crippen LogP contribution in [0.3, 0.4) is 0 Å². The van der Waals surface area contributed by atoms with Gasteiger partial charge in [0, 0.05) is 12.7 Å². The second-order valence-corrected chi connectivity index (χ2v) is 4.77. The smallest absolute Gasteiger partial charge is 0.234 e. The summed E-state index contributed by atoms with van der Waals surface area (Å²) in [6.45, 7) is 6.74. The summed E-state index contributed by atoms with van der Waals surface area (Å²) in [5, 5.41) is 10.1. The van der Waals surface area contributed by atoms with Gasteiger partial charge in [0.1, 0.15) is 19.7 Å². The Morgan fingerprint density at radius 1 is 1.56 bits per heavy atom. The summed E-state index contributed by atoms with van der Waals surface area (Å²) in [6.07, 6.45) is 1.39. The van der Waals surface area contributed by atoms with Crippen molar-refractivity contribution in [3.63, 3.8) is 0 Å². The van der Waals surface area contributed by atoms with Gasteiger partial charge in [0.05, 0.1) is 0 Å². The van der Waals surface area contributed by atoms with Crippen molar-refractivity contribution in [3.8, 4) is 6.07 Å². The molecular formula is C10H14BN5. The van der Waals surface area contributed by atoms with Crippen LogP contribution >= 0.6 is 0 Å². The Morgan fingerprint density at radius 3 is 2.69 bits per heavy atom. The molecule has 0 bridgehead atoms. The zero-order chi connectivity index (χ0) is 12.3. The molecule has 5 nitrogen and oxygen atoms in total. The molecular weight excluding hydrogens is 201 g/mol. The number of anilines is 1. The lowest BCUT2D eigenvalue weighted by Gasteiger charge is -2.27. The molecule has 0 aliphatic carbocycles. The fourth-order valence-corrected chi connectivity index (χ4v) is 1.25. The number of nitrogens with zero attached hydrogens (tertiary/aromatic N) is 4. The topological polar surface area (TPSA) is 78.8 Å². The third-order valence-electron chi connectivity index (χ3n) is 1.81. The van der Waals surface area contributed by atoms with Crippen LogP contribution in [0.1, 0.15) is 26.6 Å². The van der Waals surface area contributed by atoms with E-state index >= 15 is 0 Å². The number of hydrogen-bond donors (Lipinski definition) is 1. The number of nitriles is 1. The summed E-state index contributed by atoms with van der Waals surface area (Å²) < 4.78 is 0. The zero-order valence-corrected chi connectivity index (χ0v) is 9.73. The quantitative estimate of drug-likeness (QED) is 0.422. The van der Waals surface area contributed by atoms with Gasteiger partial charge in [-0.15, -0.1) is 0 Å². The first-order valence-electron chi connectivity index (χ1n) is 4.88. The summed E-state index contributed by atoms with van der Waals surface area (Å²) in [4.78, 5) is 7.74. The maximum atomic E-state index is 8.69. The first-order chi connectivity index (χ1) is 7.33. The average Bonchev–Trinajstić information content (AvgIpc) is 2.15. The summed E-state index contributed by atoms with van der Waals surface area (Å²) in [5.74, 6) is 6.31. The van der Waals surface area contributed by atoms with E-state index in [4.69, 9.17) is 19.0 Å². The minimum atomic E-state index is 0.0128. The first kappa shape index (κ1) is 12.5. The molecule has 1 aromatic heterocycles. The normalized spacial score (nSPS) is 10.9. The van der Waals surface area contributed by atoms with Crippen LogP contribution in [-0.4, -0.2) is 24.4 Å².